The fourth-order valence-electron chi connectivity index (χ4n) is 5.25. The van der Waals surface area contributed by atoms with E-state index in [4.69, 9.17) is 0 Å². The van der Waals surface area contributed by atoms with Crippen LogP contribution in [0.2, 0.25) is 0 Å². The van der Waals surface area contributed by atoms with Crippen LogP contribution >= 0.6 is 0 Å². The molecule has 2 aliphatic heterocycles. The van der Waals surface area contributed by atoms with Crippen molar-refractivity contribution in [2.75, 3.05) is 18.4 Å². The molecule has 0 amide bonds. The van der Waals surface area contributed by atoms with Gasteiger partial charge in [-0.25, -0.2) is 0 Å². The molecule has 1 aromatic carbocycles. The minimum absolute atomic E-state index is 0.156. The zero-order chi connectivity index (χ0) is 17.3. The highest BCUT2D eigenvalue weighted by Gasteiger charge is 2.53. The SMILES string of the molecule is CCN1CC(C)(S(=O)(=O)O)C[C@@H]2c3cccc4c3C(C[C@H]21)C(C)N4. The molecule has 3 aliphatic rings. The van der Waals surface area contributed by atoms with Crippen LogP contribution < -0.4 is 5.32 Å². The van der Waals surface area contributed by atoms with E-state index in [-0.39, 0.29) is 5.92 Å². The van der Waals surface area contributed by atoms with Gasteiger partial charge in [-0.2, -0.15) is 8.42 Å². The lowest BCUT2D eigenvalue weighted by Crippen LogP contribution is -2.59. The predicted molar refractivity (Wildman–Crippen MR) is 95.2 cm³/mol. The second-order valence-corrected chi connectivity index (χ2v) is 9.89. The maximum absolute atomic E-state index is 12.1. The molecule has 132 valence electrons. The second kappa shape index (κ2) is 5.19. The lowest BCUT2D eigenvalue weighted by molar-refractivity contribution is 0.0855. The van der Waals surface area contributed by atoms with Gasteiger partial charge in [0.05, 0.1) is 0 Å². The molecule has 3 unspecified atom stereocenters. The van der Waals surface area contributed by atoms with Crippen molar-refractivity contribution < 1.29 is 13.0 Å². The summed E-state index contributed by atoms with van der Waals surface area (Å²) in [7, 11) is -4.10. The van der Waals surface area contributed by atoms with Crippen LogP contribution in [0.25, 0.3) is 0 Å². The van der Waals surface area contributed by atoms with Gasteiger partial charge in [-0.05, 0) is 50.4 Å². The van der Waals surface area contributed by atoms with E-state index in [2.05, 4.69) is 42.3 Å². The first-order chi connectivity index (χ1) is 11.2. The van der Waals surface area contributed by atoms with E-state index in [1.807, 2.05) is 0 Å². The molecule has 1 aromatic rings. The number of likely N-dealkylation sites (tertiary alicyclic amines) is 1. The molecule has 0 radical (unpaired) electrons. The molecule has 0 saturated carbocycles. The van der Waals surface area contributed by atoms with Crippen molar-refractivity contribution in [3.05, 3.63) is 29.3 Å². The molecule has 1 fully saturated rings. The number of nitrogens with zero attached hydrogens (tertiary/aromatic N) is 1. The highest BCUT2D eigenvalue weighted by Crippen LogP contribution is 2.54. The largest absolute Gasteiger partial charge is 0.382 e. The van der Waals surface area contributed by atoms with E-state index in [9.17, 15) is 13.0 Å². The highest BCUT2D eigenvalue weighted by molar-refractivity contribution is 7.87. The topological polar surface area (TPSA) is 69.6 Å². The van der Waals surface area contributed by atoms with Gasteiger partial charge in [-0.15, -0.1) is 0 Å². The summed E-state index contributed by atoms with van der Waals surface area (Å²) in [5.74, 6) is 0.644. The fraction of sp³-hybridized carbons (Fsp3) is 0.667. The van der Waals surface area contributed by atoms with Gasteiger partial charge in [0.15, 0.2) is 0 Å². The van der Waals surface area contributed by atoms with Crippen molar-refractivity contribution in [2.45, 2.75) is 62.3 Å². The molecule has 2 N–H and O–H groups in total. The average Bonchev–Trinajstić information content (AvgIpc) is 2.84. The third-order valence-electron chi connectivity index (χ3n) is 6.54. The van der Waals surface area contributed by atoms with E-state index in [0.29, 0.717) is 31.0 Å². The molecule has 24 heavy (non-hydrogen) atoms. The number of hydrogen-bond acceptors (Lipinski definition) is 4. The summed E-state index contributed by atoms with van der Waals surface area (Å²) in [5.41, 5.74) is 3.85. The van der Waals surface area contributed by atoms with Crippen LogP contribution in [0, 0.1) is 0 Å². The first kappa shape index (κ1) is 16.4. The summed E-state index contributed by atoms with van der Waals surface area (Å²) < 4.78 is 32.9. The van der Waals surface area contributed by atoms with Crippen LogP contribution in [0.4, 0.5) is 5.69 Å². The van der Waals surface area contributed by atoms with E-state index in [1.54, 1.807) is 6.92 Å². The molecule has 2 heterocycles. The van der Waals surface area contributed by atoms with Gasteiger partial charge in [0.2, 0.25) is 0 Å². The van der Waals surface area contributed by atoms with Gasteiger partial charge < -0.3 is 5.32 Å². The first-order valence-electron chi connectivity index (χ1n) is 8.85. The number of likely N-dealkylation sites (N-methyl/N-ethyl adjacent to an activating group) is 1. The number of fused-ring (bicyclic) bond motifs is 2. The van der Waals surface area contributed by atoms with E-state index in [1.165, 1.54) is 16.8 Å². The van der Waals surface area contributed by atoms with Crippen molar-refractivity contribution in [1.82, 2.24) is 4.90 Å². The van der Waals surface area contributed by atoms with Crippen LogP contribution in [-0.2, 0) is 10.1 Å². The summed E-state index contributed by atoms with van der Waals surface area (Å²) in [5, 5.41) is 3.59. The summed E-state index contributed by atoms with van der Waals surface area (Å²) >= 11 is 0. The zero-order valence-electron chi connectivity index (χ0n) is 14.5. The van der Waals surface area contributed by atoms with Gasteiger partial charge >= 0.3 is 0 Å². The summed E-state index contributed by atoms with van der Waals surface area (Å²) in [6.45, 7) is 7.21. The maximum atomic E-state index is 12.1. The normalized spacial score (nSPS) is 38.3. The van der Waals surface area contributed by atoms with Crippen molar-refractivity contribution in [1.29, 1.82) is 0 Å². The number of anilines is 1. The van der Waals surface area contributed by atoms with Crippen molar-refractivity contribution in [2.24, 2.45) is 0 Å². The van der Waals surface area contributed by atoms with Crippen LogP contribution in [-0.4, -0.2) is 47.8 Å². The van der Waals surface area contributed by atoms with Gasteiger partial charge in [0.1, 0.15) is 4.75 Å². The monoisotopic (exact) mass is 350 g/mol. The third-order valence-corrected chi connectivity index (χ3v) is 8.09. The summed E-state index contributed by atoms with van der Waals surface area (Å²) in [4.78, 5) is 2.27. The minimum Gasteiger partial charge on any atom is -0.382 e. The Balaban J connectivity index is 1.84. The lowest BCUT2D eigenvalue weighted by atomic mass is 9.67. The fourth-order valence-corrected chi connectivity index (χ4v) is 5.97. The minimum atomic E-state index is -4.10. The molecule has 4 rings (SSSR count). The predicted octanol–water partition coefficient (Wildman–Crippen LogP) is 2.81. The molecule has 1 saturated heterocycles. The number of nitrogens with one attached hydrogen (secondary N) is 1. The van der Waals surface area contributed by atoms with Crippen LogP contribution in [0.5, 0.6) is 0 Å². The summed E-state index contributed by atoms with van der Waals surface area (Å²) in [6.07, 6.45) is 1.54. The molecule has 5 nitrogen and oxygen atoms in total. The number of rotatable bonds is 2. The van der Waals surface area contributed by atoms with Gasteiger partial charge in [-0.1, -0.05) is 19.1 Å². The smallest absolute Gasteiger partial charge is 0.271 e. The Morgan fingerprint density at radius 3 is 2.79 bits per heavy atom. The molecule has 0 bridgehead atoms. The molecule has 6 heteroatoms. The second-order valence-electron chi connectivity index (χ2n) is 7.95. The molecule has 0 spiro atoms. The first-order valence-corrected chi connectivity index (χ1v) is 10.3. The third kappa shape index (κ3) is 2.16. The van der Waals surface area contributed by atoms with Gasteiger partial charge in [0, 0.05) is 36.2 Å². The van der Waals surface area contributed by atoms with Crippen LogP contribution in [0.3, 0.4) is 0 Å². The molecular formula is C18H26N2O3S. The Morgan fingerprint density at radius 2 is 2.12 bits per heavy atom. The standard InChI is InChI=1S/C18H26N2O3S/c1-4-20-10-18(3,24(21,22)23)9-14-12-6-5-7-15-17(12)13(8-16(14)20)11(2)19-15/h5-7,11,13-14,16,19H,4,8-10H2,1-3H3,(H,21,22,23)/t11?,13?,14-,16-,18?/m1/s1. The average molecular weight is 350 g/mol. The van der Waals surface area contributed by atoms with Crippen molar-refractivity contribution >= 4 is 15.8 Å². The van der Waals surface area contributed by atoms with Crippen LogP contribution in [0.15, 0.2) is 18.2 Å². The highest BCUT2D eigenvalue weighted by atomic mass is 32.2. The Bertz CT molecular complexity index is 778. The Kier molecular flexibility index (Phi) is 3.54. The van der Waals surface area contributed by atoms with E-state index < -0.39 is 14.9 Å². The summed E-state index contributed by atoms with van der Waals surface area (Å²) in [6, 6.07) is 7.11. The number of piperidine rings is 1. The Labute approximate surface area is 144 Å². The molecular weight excluding hydrogens is 324 g/mol. The number of benzene rings is 1. The van der Waals surface area contributed by atoms with Gasteiger partial charge in [-0.3, -0.25) is 9.45 Å². The van der Waals surface area contributed by atoms with E-state index >= 15 is 0 Å². The number of hydrogen-bond donors (Lipinski definition) is 2. The van der Waals surface area contributed by atoms with Crippen molar-refractivity contribution in [3.8, 4) is 0 Å². The maximum Gasteiger partial charge on any atom is 0.271 e. The van der Waals surface area contributed by atoms with E-state index in [0.717, 1.165) is 13.0 Å². The van der Waals surface area contributed by atoms with Gasteiger partial charge in [0.25, 0.3) is 10.1 Å². The molecule has 1 aliphatic carbocycles. The molecule has 5 atom stereocenters. The Morgan fingerprint density at radius 1 is 1.38 bits per heavy atom. The van der Waals surface area contributed by atoms with Crippen LogP contribution in [0.1, 0.15) is 56.6 Å². The van der Waals surface area contributed by atoms with Crippen molar-refractivity contribution in [3.63, 3.8) is 0 Å². The lowest BCUT2D eigenvalue weighted by Gasteiger charge is -2.51. The quantitative estimate of drug-likeness (QED) is 0.803. The molecule has 0 aromatic heterocycles. The Hall–Kier alpha value is -1.11. The zero-order valence-corrected chi connectivity index (χ0v) is 15.3.